The van der Waals surface area contributed by atoms with Crippen molar-refractivity contribution in [1.29, 1.82) is 5.41 Å². The molecule has 0 bridgehead atoms. The van der Waals surface area contributed by atoms with Crippen molar-refractivity contribution in [3.8, 4) is 0 Å². The van der Waals surface area contributed by atoms with Gasteiger partial charge in [-0.05, 0) is 12.1 Å². The van der Waals surface area contributed by atoms with Crippen LogP contribution in [0.15, 0.2) is 35.3 Å². The van der Waals surface area contributed by atoms with Gasteiger partial charge in [-0.15, -0.1) is 0 Å². The Labute approximate surface area is 80.7 Å². The van der Waals surface area contributed by atoms with Crippen molar-refractivity contribution in [1.82, 2.24) is 0 Å². The minimum absolute atomic E-state index is 0.295. The summed E-state index contributed by atoms with van der Waals surface area (Å²) >= 11 is 0. The van der Waals surface area contributed by atoms with Crippen molar-refractivity contribution in [2.45, 2.75) is 6.04 Å². The fraction of sp³-hybridized carbons (Fsp3) is 0.100. The Kier molecular flexibility index (Phi) is 2.10. The predicted octanol–water partition coefficient (Wildman–Crippen LogP) is 1.01. The maximum atomic E-state index is 11.1. The maximum absolute atomic E-state index is 11.1. The van der Waals surface area contributed by atoms with Crippen LogP contribution in [0.3, 0.4) is 0 Å². The number of rotatable bonds is 2. The molecule has 0 aliphatic carbocycles. The molecule has 1 aromatic carbocycles. The topological polar surface area (TPSA) is 62.5 Å². The van der Waals surface area contributed by atoms with Crippen LogP contribution in [0.1, 0.15) is 5.56 Å². The van der Waals surface area contributed by atoms with E-state index in [0.29, 0.717) is 5.90 Å². The monoisotopic (exact) mass is 188 g/mol. The smallest absolute Gasteiger partial charge is 0.343 e. The lowest BCUT2D eigenvalue weighted by molar-refractivity contribution is -0.133. The highest BCUT2D eigenvalue weighted by atomic mass is 16.6. The Morgan fingerprint density at radius 1 is 1.36 bits per heavy atom. The summed E-state index contributed by atoms with van der Waals surface area (Å²) in [5.74, 6) is -0.192. The normalized spacial score (nSPS) is 20.1. The second kappa shape index (κ2) is 3.41. The summed E-state index contributed by atoms with van der Waals surface area (Å²) < 4.78 is 4.91. The van der Waals surface area contributed by atoms with Gasteiger partial charge in [-0.25, -0.2) is 9.79 Å². The molecular weight excluding hydrogens is 180 g/mol. The van der Waals surface area contributed by atoms with Gasteiger partial charge in [-0.2, -0.15) is 0 Å². The lowest BCUT2D eigenvalue weighted by Crippen LogP contribution is -2.15. The third kappa shape index (κ3) is 1.42. The number of aliphatic imine (C=N–C) groups is 1. The summed E-state index contributed by atoms with van der Waals surface area (Å²) in [4.78, 5) is 15.1. The average molecular weight is 188 g/mol. The van der Waals surface area contributed by atoms with E-state index in [9.17, 15) is 4.79 Å². The molecular formula is C10H8N2O2. The zero-order valence-electron chi connectivity index (χ0n) is 7.31. The van der Waals surface area contributed by atoms with Gasteiger partial charge in [0.15, 0.2) is 6.04 Å². The van der Waals surface area contributed by atoms with Crippen LogP contribution in [0.5, 0.6) is 0 Å². The van der Waals surface area contributed by atoms with Crippen LogP contribution in [-0.4, -0.2) is 24.1 Å². The summed E-state index contributed by atoms with van der Waals surface area (Å²) in [5, 5.41) is 6.95. The van der Waals surface area contributed by atoms with Gasteiger partial charge in [0.25, 0.3) is 0 Å². The molecule has 0 aromatic heterocycles. The highest BCUT2D eigenvalue weighted by Crippen LogP contribution is 2.11. The lowest BCUT2D eigenvalue weighted by Gasteiger charge is -1.97. The average Bonchev–Trinajstić information content (AvgIpc) is 2.61. The van der Waals surface area contributed by atoms with E-state index in [4.69, 9.17) is 10.1 Å². The summed E-state index contributed by atoms with van der Waals surface area (Å²) in [5.41, 5.74) is 0.755. The van der Waals surface area contributed by atoms with Gasteiger partial charge in [0.1, 0.15) is 0 Å². The summed E-state index contributed by atoms with van der Waals surface area (Å²) in [6.07, 6.45) is 0.971. The summed E-state index contributed by atoms with van der Waals surface area (Å²) in [6, 6.07) is 8.38. The first kappa shape index (κ1) is 8.62. The molecule has 1 atom stereocenters. The third-order valence-electron chi connectivity index (χ3n) is 1.87. The predicted molar refractivity (Wildman–Crippen MR) is 51.6 cm³/mol. The van der Waals surface area contributed by atoms with Gasteiger partial charge >= 0.3 is 5.97 Å². The first-order valence-corrected chi connectivity index (χ1v) is 4.17. The highest BCUT2D eigenvalue weighted by molar-refractivity contribution is 6.11. The standard InChI is InChI=1S/C10H8N2O2/c11-6-8-10(13)14-9(12-8)7-4-2-1-3-5-7/h1-6,8,11H. The van der Waals surface area contributed by atoms with Crippen molar-refractivity contribution in [3.63, 3.8) is 0 Å². The van der Waals surface area contributed by atoms with E-state index >= 15 is 0 Å². The Morgan fingerprint density at radius 2 is 2.07 bits per heavy atom. The second-order valence-corrected chi connectivity index (χ2v) is 2.83. The van der Waals surface area contributed by atoms with Gasteiger partial charge in [0.05, 0.1) is 0 Å². The number of benzene rings is 1. The fourth-order valence-corrected chi connectivity index (χ4v) is 1.18. The van der Waals surface area contributed by atoms with E-state index in [1.54, 1.807) is 12.1 Å². The minimum Gasteiger partial charge on any atom is -0.405 e. The largest absolute Gasteiger partial charge is 0.405 e. The molecule has 4 heteroatoms. The quantitative estimate of drug-likeness (QED) is 0.556. The van der Waals surface area contributed by atoms with Gasteiger partial charge in [-0.1, -0.05) is 18.2 Å². The molecule has 70 valence electrons. The third-order valence-corrected chi connectivity index (χ3v) is 1.87. The lowest BCUT2D eigenvalue weighted by atomic mass is 10.2. The number of carbonyl (C=O) groups excluding carboxylic acids is 1. The molecule has 0 saturated heterocycles. The van der Waals surface area contributed by atoms with E-state index in [-0.39, 0.29) is 0 Å². The van der Waals surface area contributed by atoms with Crippen molar-refractivity contribution in [2.75, 3.05) is 0 Å². The van der Waals surface area contributed by atoms with Crippen molar-refractivity contribution in [2.24, 2.45) is 4.99 Å². The van der Waals surface area contributed by atoms with Crippen molar-refractivity contribution >= 4 is 18.1 Å². The molecule has 2 rings (SSSR count). The number of nitrogens with zero attached hydrogens (tertiary/aromatic N) is 1. The van der Waals surface area contributed by atoms with Crippen molar-refractivity contribution in [3.05, 3.63) is 35.9 Å². The van der Waals surface area contributed by atoms with Gasteiger partial charge in [-0.3, -0.25) is 0 Å². The second-order valence-electron chi connectivity index (χ2n) is 2.83. The molecule has 1 aliphatic heterocycles. The fourth-order valence-electron chi connectivity index (χ4n) is 1.18. The van der Waals surface area contributed by atoms with Gasteiger partial charge < -0.3 is 10.1 Å². The molecule has 0 saturated carbocycles. The van der Waals surface area contributed by atoms with Crippen LogP contribution in [0.25, 0.3) is 0 Å². The molecule has 0 spiro atoms. The SMILES string of the molecule is N=CC1N=C(c2ccccc2)OC1=O. The molecule has 0 amide bonds. The first-order valence-electron chi connectivity index (χ1n) is 4.17. The number of hydrogen-bond donors (Lipinski definition) is 1. The Morgan fingerprint density at radius 3 is 2.64 bits per heavy atom. The number of esters is 1. The van der Waals surface area contributed by atoms with Crippen molar-refractivity contribution < 1.29 is 9.53 Å². The van der Waals surface area contributed by atoms with Crippen LogP contribution in [0.2, 0.25) is 0 Å². The van der Waals surface area contributed by atoms with Crippen LogP contribution < -0.4 is 0 Å². The molecule has 1 aliphatic rings. The van der Waals surface area contributed by atoms with Crippen LogP contribution >= 0.6 is 0 Å². The number of carbonyl (C=O) groups is 1. The van der Waals surface area contributed by atoms with E-state index in [2.05, 4.69) is 4.99 Å². The van der Waals surface area contributed by atoms with Crippen LogP contribution in [0.4, 0.5) is 0 Å². The van der Waals surface area contributed by atoms with Crippen LogP contribution in [-0.2, 0) is 9.53 Å². The minimum atomic E-state index is -0.773. The van der Waals surface area contributed by atoms with E-state index in [1.165, 1.54) is 0 Å². The molecule has 14 heavy (non-hydrogen) atoms. The Balaban J connectivity index is 2.30. The molecule has 4 nitrogen and oxygen atoms in total. The summed E-state index contributed by atoms with van der Waals surface area (Å²) in [6.45, 7) is 0. The molecule has 1 unspecified atom stereocenters. The highest BCUT2D eigenvalue weighted by Gasteiger charge is 2.27. The Bertz CT molecular complexity index is 398. The Hall–Kier alpha value is -1.97. The zero-order chi connectivity index (χ0) is 9.97. The van der Waals surface area contributed by atoms with E-state index in [1.807, 2.05) is 18.2 Å². The zero-order valence-corrected chi connectivity index (χ0v) is 7.31. The molecule has 1 heterocycles. The maximum Gasteiger partial charge on any atom is 0.343 e. The van der Waals surface area contributed by atoms with Gasteiger partial charge in [0.2, 0.25) is 5.90 Å². The van der Waals surface area contributed by atoms with E-state index < -0.39 is 12.0 Å². The number of hydrogen-bond acceptors (Lipinski definition) is 4. The van der Waals surface area contributed by atoms with E-state index in [0.717, 1.165) is 11.8 Å². The summed E-state index contributed by atoms with van der Waals surface area (Å²) in [7, 11) is 0. The van der Waals surface area contributed by atoms with Crippen LogP contribution in [0, 0.1) is 5.41 Å². The number of ether oxygens (including phenoxy) is 1. The first-order chi connectivity index (χ1) is 6.81. The molecule has 0 fully saturated rings. The van der Waals surface area contributed by atoms with Gasteiger partial charge in [0, 0.05) is 11.8 Å². The molecule has 0 radical (unpaired) electrons. The molecule has 1 N–H and O–H groups in total. The number of cyclic esters (lactones) is 1. The molecule has 1 aromatic rings. The number of nitrogens with one attached hydrogen (secondary N) is 1.